The summed E-state index contributed by atoms with van der Waals surface area (Å²) in [5.74, 6) is -10.6. The zero-order chi connectivity index (χ0) is 52.6. The van der Waals surface area contributed by atoms with Crippen molar-refractivity contribution in [3.63, 3.8) is 0 Å². The molecule has 0 radical (unpaired) electrons. The second-order valence-corrected chi connectivity index (χ2v) is 19.6. The van der Waals surface area contributed by atoms with Crippen molar-refractivity contribution in [2.45, 2.75) is 127 Å². The predicted octanol–water partition coefficient (Wildman–Crippen LogP) is -3.08. The molecule has 1 unspecified atom stereocenters. The lowest BCUT2D eigenvalue weighted by molar-refractivity contribution is -0.142. The smallest absolute Gasteiger partial charge is 0.303 e. The molecule has 25 nitrogen and oxygen atoms in total. The molecule has 11 amide bonds. The van der Waals surface area contributed by atoms with Crippen LogP contribution in [0.2, 0.25) is 0 Å². The van der Waals surface area contributed by atoms with Gasteiger partial charge in [-0.15, -0.1) is 0 Å². The van der Waals surface area contributed by atoms with Crippen molar-refractivity contribution in [2.24, 2.45) is 17.4 Å². The lowest BCUT2D eigenvalue weighted by atomic mass is 9.96. The van der Waals surface area contributed by atoms with Crippen LogP contribution in [0.1, 0.15) is 83.6 Å². The van der Waals surface area contributed by atoms with Crippen molar-refractivity contribution < 1.29 is 67.7 Å². The summed E-state index contributed by atoms with van der Waals surface area (Å²) in [6, 6.07) is -3.93. The summed E-state index contributed by atoms with van der Waals surface area (Å²) in [4.78, 5) is 158. The summed E-state index contributed by atoms with van der Waals surface area (Å²) in [7, 11) is 2.18. The van der Waals surface area contributed by atoms with Gasteiger partial charge in [0.2, 0.25) is 65.5 Å². The molecule has 71 heavy (non-hydrogen) atoms. The summed E-state index contributed by atoms with van der Waals surface area (Å²) in [5.41, 5.74) is 11.2. The fraction of sp³-hybridized carbons (Fsp3) is 0.591. The van der Waals surface area contributed by atoms with E-state index in [1.54, 1.807) is 26.0 Å². The number of amides is 11. The van der Waals surface area contributed by atoms with Crippen LogP contribution >= 0.6 is 21.6 Å². The summed E-state index contributed by atoms with van der Waals surface area (Å²) >= 11 is 0. The van der Waals surface area contributed by atoms with E-state index in [1.807, 2.05) is 0 Å². The molecule has 3 rings (SSSR count). The molecular weight excluding hydrogens is 971 g/mol. The van der Waals surface area contributed by atoms with Crippen LogP contribution in [0.3, 0.4) is 0 Å². The van der Waals surface area contributed by atoms with Crippen molar-refractivity contribution in [1.82, 2.24) is 47.4 Å². The monoisotopic (exact) mass is 1040 g/mol. The number of phenols is 1. The molecule has 2 aliphatic heterocycles. The molecule has 392 valence electrons. The van der Waals surface area contributed by atoms with Crippen molar-refractivity contribution in [3.8, 4) is 5.75 Å². The maximum Gasteiger partial charge on any atom is 0.303 e. The number of primary amides is 2. The van der Waals surface area contributed by atoms with Gasteiger partial charge in [0.05, 0.1) is 13.0 Å². The lowest BCUT2D eigenvalue weighted by Crippen LogP contribution is -2.61. The van der Waals surface area contributed by atoms with Crippen LogP contribution in [0.15, 0.2) is 24.3 Å². The van der Waals surface area contributed by atoms with Crippen molar-refractivity contribution >= 4 is 93.0 Å². The fourth-order valence-electron chi connectivity index (χ4n) is 7.51. The van der Waals surface area contributed by atoms with Gasteiger partial charge >= 0.3 is 5.97 Å². The van der Waals surface area contributed by atoms with Crippen LogP contribution in [-0.4, -0.2) is 160 Å². The van der Waals surface area contributed by atoms with Crippen LogP contribution in [0.25, 0.3) is 0 Å². The number of phenolic OH excluding ortho intramolecular Hbond substituents is 1. The molecule has 2 fully saturated rings. The molecule has 2 saturated heterocycles. The molecule has 0 spiro atoms. The van der Waals surface area contributed by atoms with Gasteiger partial charge in [-0.3, -0.25) is 57.5 Å². The van der Waals surface area contributed by atoms with Crippen LogP contribution in [0.5, 0.6) is 5.75 Å². The number of carbonyl (C=O) groups is 12. The molecule has 2 aliphatic rings. The second kappa shape index (κ2) is 30.2. The number of aromatic hydroxyl groups is 1. The highest BCUT2D eigenvalue weighted by Gasteiger charge is 2.40. The summed E-state index contributed by atoms with van der Waals surface area (Å²) < 4.78 is 0. The van der Waals surface area contributed by atoms with Crippen molar-refractivity contribution in [2.75, 3.05) is 31.1 Å². The Morgan fingerprint density at radius 2 is 1.55 bits per heavy atom. The van der Waals surface area contributed by atoms with Gasteiger partial charge in [-0.25, -0.2) is 0 Å². The third-order valence-electron chi connectivity index (χ3n) is 11.5. The number of hydrogen-bond acceptors (Lipinski definition) is 15. The number of aliphatic carboxylic acids is 1. The standard InChI is InChI=1S/C44H65N11O14S2/c1-3-24(2)37-43(68)51-28(13-14-36(61)62)39(64)52-30(20-33(45)58)40(65)53-31(22-71-70-18-15-35(60)49-29(41(66)54-37)19-25-9-11-26(57)12-10-25)44(69)55-17-6-8-32(55)42(67)50-27(7-4-5-16-47-23-56)38(63)48-21-34(46)59/h9-12,23-24,27-32,37,57H,3-8,13-22H2,1-2H3,(H2,45,58)(H2,46,59)(H,47,56)(H,48,63)(H,49,60)(H,50,67)(H,51,68)(H,52,64)(H,53,65)(H,54,66)(H,61,62)/t24-,27-,28?,29-,30-,31-,32-,37-/m0/s1. The van der Waals surface area contributed by atoms with E-state index in [9.17, 15) is 67.7 Å². The van der Waals surface area contributed by atoms with Crippen LogP contribution in [0, 0.1) is 5.92 Å². The summed E-state index contributed by atoms with van der Waals surface area (Å²) in [6.07, 6.45) is -0.0135. The first-order valence-corrected chi connectivity index (χ1v) is 25.6. The van der Waals surface area contributed by atoms with Gasteiger partial charge in [0.25, 0.3) is 0 Å². The largest absolute Gasteiger partial charge is 0.508 e. The SMILES string of the molecule is CC[C@H](C)[C@@H]1NC(=O)[C@H](Cc2ccc(O)cc2)NC(=O)CCSSC[C@@H](C(=O)N2CCC[C@H]2C(=O)N[C@@H](CCCCNC=O)C(=O)NCC(N)=O)NC(=O)[C@H](CC(N)=O)NC(=O)C(CCC(=O)O)NC1=O. The number of nitrogens with one attached hydrogen (secondary N) is 8. The number of unbranched alkanes of at least 4 members (excludes halogenated alkanes) is 1. The summed E-state index contributed by atoms with van der Waals surface area (Å²) in [5, 5.41) is 39.6. The lowest BCUT2D eigenvalue weighted by Gasteiger charge is -2.31. The third kappa shape index (κ3) is 20.3. The topological polar surface area (TPSA) is 397 Å². The number of rotatable bonds is 21. The van der Waals surface area contributed by atoms with E-state index in [2.05, 4.69) is 42.5 Å². The maximum absolute atomic E-state index is 14.5. The Hall–Kier alpha value is -6.64. The normalized spacial score (nSPS) is 22.7. The number of benzene rings is 1. The Morgan fingerprint density at radius 3 is 2.20 bits per heavy atom. The molecule has 0 aromatic heterocycles. The number of likely N-dealkylation sites (tertiary alicyclic amines) is 1. The molecule has 1 aromatic rings. The Bertz CT molecular complexity index is 2080. The van der Waals surface area contributed by atoms with Gasteiger partial charge in [0, 0.05) is 43.9 Å². The minimum atomic E-state index is -1.78. The van der Waals surface area contributed by atoms with Gasteiger partial charge in [-0.2, -0.15) is 0 Å². The quantitative estimate of drug-likeness (QED) is 0.0330. The van der Waals surface area contributed by atoms with E-state index < -0.39 is 139 Å². The third-order valence-corrected chi connectivity index (χ3v) is 14.0. The Labute approximate surface area is 417 Å². The number of carboxylic acid groups (broad SMARTS) is 1. The molecule has 14 N–H and O–H groups in total. The minimum Gasteiger partial charge on any atom is -0.508 e. The highest BCUT2D eigenvalue weighted by atomic mass is 33.1. The molecule has 27 heteroatoms. The average molecular weight is 1040 g/mol. The Morgan fingerprint density at radius 1 is 0.873 bits per heavy atom. The highest BCUT2D eigenvalue weighted by molar-refractivity contribution is 8.76. The maximum atomic E-state index is 14.5. The molecule has 0 saturated carbocycles. The molecule has 0 aliphatic carbocycles. The number of nitrogens with zero attached hydrogens (tertiary/aromatic N) is 1. The average Bonchev–Trinajstić information content (AvgIpc) is 3.82. The van der Waals surface area contributed by atoms with Crippen LogP contribution < -0.4 is 54.0 Å². The first-order chi connectivity index (χ1) is 33.7. The number of nitrogens with two attached hydrogens (primary N) is 2. The fourth-order valence-corrected chi connectivity index (χ4v) is 9.65. The molecule has 2 heterocycles. The van der Waals surface area contributed by atoms with Gasteiger partial charge in [0.1, 0.15) is 48.0 Å². The van der Waals surface area contributed by atoms with E-state index in [0.29, 0.717) is 44.2 Å². The van der Waals surface area contributed by atoms with Gasteiger partial charge in [0.15, 0.2) is 0 Å². The zero-order valence-electron chi connectivity index (χ0n) is 39.5. The van der Waals surface area contributed by atoms with Crippen molar-refractivity contribution in [3.05, 3.63) is 29.8 Å². The van der Waals surface area contributed by atoms with Gasteiger partial charge < -0.3 is 69.1 Å². The molecule has 8 atom stereocenters. The highest BCUT2D eigenvalue weighted by Crippen LogP contribution is 2.26. The Balaban J connectivity index is 2.00. The van der Waals surface area contributed by atoms with Crippen LogP contribution in [-0.2, 0) is 64.0 Å². The number of hydrogen-bond donors (Lipinski definition) is 12. The van der Waals surface area contributed by atoms with E-state index >= 15 is 0 Å². The number of carboxylic acids is 1. The van der Waals surface area contributed by atoms with Crippen LogP contribution in [0.4, 0.5) is 0 Å². The first kappa shape index (κ1) is 58.7. The predicted molar refractivity (Wildman–Crippen MR) is 258 cm³/mol. The Kier molecular flexibility index (Phi) is 24.9. The van der Waals surface area contributed by atoms with Gasteiger partial charge in [-0.05, 0) is 62.1 Å². The van der Waals surface area contributed by atoms with Gasteiger partial charge in [-0.1, -0.05) is 54.0 Å². The summed E-state index contributed by atoms with van der Waals surface area (Å²) in [6.45, 7) is 3.18. The van der Waals surface area contributed by atoms with E-state index in [1.165, 1.54) is 17.0 Å². The van der Waals surface area contributed by atoms with Crippen molar-refractivity contribution in [1.29, 1.82) is 0 Å². The first-order valence-electron chi connectivity index (χ1n) is 23.1. The minimum absolute atomic E-state index is 0.0279. The zero-order valence-corrected chi connectivity index (χ0v) is 41.2. The van der Waals surface area contributed by atoms with E-state index in [0.717, 1.165) is 21.6 Å². The molecule has 1 aromatic carbocycles. The van der Waals surface area contributed by atoms with E-state index in [4.69, 9.17) is 11.5 Å². The van der Waals surface area contributed by atoms with E-state index in [-0.39, 0.29) is 49.5 Å². The number of carbonyl (C=O) groups excluding carboxylic acids is 11. The molecule has 0 bridgehead atoms. The molecular formula is C44H65N11O14S2. The second-order valence-electron chi connectivity index (χ2n) is 17.0.